The van der Waals surface area contributed by atoms with Gasteiger partial charge in [-0.25, -0.2) is 0 Å². The highest BCUT2D eigenvalue weighted by Crippen LogP contribution is 2.19. The number of rotatable bonds is 20. The number of hydrogen-bond acceptors (Lipinski definition) is 8. The number of phenols is 1. The predicted octanol–water partition coefficient (Wildman–Crippen LogP) is 0.987. The monoisotopic (exact) mass is 766 g/mol. The third-order valence-electron chi connectivity index (χ3n) is 8.83. The number of benzene rings is 4. The van der Waals surface area contributed by atoms with Gasteiger partial charge in [0.2, 0.25) is 23.6 Å². The van der Waals surface area contributed by atoms with Gasteiger partial charge in [-0.3, -0.25) is 33.8 Å². The molecular formula is C40H46N8O8. The summed E-state index contributed by atoms with van der Waals surface area (Å²) in [6, 6.07) is 21.9. The van der Waals surface area contributed by atoms with Crippen LogP contribution in [0.4, 0.5) is 0 Å². The van der Waals surface area contributed by atoms with Gasteiger partial charge in [-0.2, -0.15) is 0 Å². The number of aliphatic imine (C=N–C) groups is 1. The lowest BCUT2D eigenvalue weighted by Gasteiger charge is -2.26. The number of nitrogens with zero attached hydrogens (tertiary/aromatic N) is 1. The van der Waals surface area contributed by atoms with Crippen molar-refractivity contribution in [2.24, 2.45) is 22.2 Å². The van der Waals surface area contributed by atoms with Crippen LogP contribution in [0, 0.1) is 0 Å². The molecule has 16 nitrogen and oxygen atoms in total. The molecule has 4 aromatic carbocycles. The number of carbonyl (C=O) groups excluding carboxylic acids is 5. The zero-order valence-corrected chi connectivity index (χ0v) is 30.5. The van der Waals surface area contributed by atoms with E-state index in [4.69, 9.17) is 17.2 Å². The molecule has 4 aromatic rings. The van der Waals surface area contributed by atoms with E-state index < -0.39 is 66.1 Å². The predicted molar refractivity (Wildman–Crippen MR) is 209 cm³/mol. The number of hydrogen-bond donors (Lipinski definition) is 9. The van der Waals surface area contributed by atoms with Gasteiger partial charge < -0.3 is 48.7 Å². The van der Waals surface area contributed by atoms with Crippen molar-refractivity contribution in [3.63, 3.8) is 0 Å². The Morgan fingerprint density at radius 3 is 1.82 bits per heavy atom. The molecule has 0 aliphatic carbocycles. The highest BCUT2D eigenvalue weighted by Gasteiger charge is 2.32. The number of carboxylic acid groups (broad SMARTS) is 1. The Hall–Kier alpha value is -6.97. The maximum Gasteiger partial charge on any atom is 0.303 e. The van der Waals surface area contributed by atoms with E-state index in [9.17, 15) is 39.0 Å². The van der Waals surface area contributed by atoms with Crippen LogP contribution in [-0.2, 0) is 36.8 Å². The first-order valence-electron chi connectivity index (χ1n) is 17.9. The Morgan fingerprint density at radius 1 is 0.607 bits per heavy atom. The number of phenolic OH excluding ortho intramolecular Hbond substituents is 1. The molecule has 56 heavy (non-hydrogen) atoms. The number of guanidine groups is 1. The van der Waals surface area contributed by atoms with Crippen LogP contribution < -0.4 is 38.5 Å². The summed E-state index contributed by atoms with van der Waals surface area (Å²) >= 11 is 0. The molecule has 294 valence electrons. The maximum absolute atomic E-state index is 14.0. The Balaban J connectivity index is 1.58. The van der Waals surface area contributed by atoms with E-state index in [2.05, 4.69) is 26.3 Å². The van der Waals surface area contributed by atoms with Gasteiger partial charge >= 0.3 is 5.97 Å². The molecular weight excluding hydrogens is 720 g/mol. The molecule has 0 aromatic heterocycles. The SMILES string of the molecule is NC(=O)[C@H](Cc1ccc(O)cc1)NC(=O)[C@H](Cc1ccccc1)NC(=O)[C@H](CCCN=C(N)N)NC(=O)[C@H](CCC(=O)O)NC(=O)c1cccc2ccccc12. The highest BCUT2D eigenvalue weighted by molar-refractivity contribution is 6.08. The minimum absolute atomic E-state index is 0.000935. The second kappa shape index (κ2) is 20.5. The van der Waals surface area contributed by atoms with Crippen molar-refractivity contribution in [3.8, 4) is 5.75 Å². The molecule has 0 heterocycles. The van der Waals surface area contributed by atoms with E-state index >= 15 is 0 Å². The molecule has 16 heteroatoms. The standard InChI is InChI=1S/C40H46N8O8/c41-35(52)32(22-25-15-17-27(49)18-16-25)47-39(56)33(23-24-8-2-1-3-9-24)48-37(54)30(14-7-21-44-40(42)43)46-38(55)31(19-20-34(50)51)45-36(53)29-13-6-11-26-10-4-5-12-28(26)29/h1-6,8-13,15-18,30-33,49H,7,14,19-23H2,(H2,41,52)(H,45,53)(H,46,55)(H,47,56)(H,48,54)(H,50,51)(H4,42,43,44)/t30-,31-,32-,33-/m0/s1. The van der Waals surface area contributed by atoms with Crippen molar-refractivity contribution in [1.29, 1.82) is 0 Å². The second-order valence-electron chi connectivity index (χ2n) is 13.1. The summed E-state index contributed by atoms with van der Waals surface area (Å²) in [5.41, 5.74) is 18.1. The largest absolute Gasteiger partial charge is 0.508 e. The van der Waals surface area contributed by atoms with E-state index in [1.165, 1.54) is 12.1 Å². The van der Waals surface area contributed by atoms with Crippen molar-refractivity contribution in [3.05, 3.63) is 114 Å². The first-order chi connectivity index (χ1) is 26.8. The van der Waals surface area contributed by atoms with Crippen LogP contribution in [0.3, 0.4) is 0 Å². The molecule has 4 atom stereocenters. The number of fused-ring (bicyclic) bond motifs is 1. The average Bonchev–Trinajstić information content (AvgIpc) is 3.17. The van der Waals surface area contributed by atoms with Gasteiger partial charge in [0.15, 0.2) is 5.96 Å². The molecule has 0 radical (unpaired) electrons. The van der Waals surface area contributed by atoms with Crippen molar-refractivity contribution < 1.29 is 39.0 Å². The molecule has 0 aliphatic rings. The Labute approximate surface area is 322 Å². The van der Waals surface area contributed by atoms with Crippen LogP contribution in [0.2, 0.25) is 0 Å². The van der Waals surface area contributed by atoms with Gasteiger partial charge in [0, 0.05) is 31.4 Å². The van der Waals surface area contributed by atoms with Crippen LogP contribution in [0.15, 0.2) is 102 Å². The van der Waals surface area contributed by atoms with Crippen LogP contribution in [0.25, 0.3) is 10.8 Å². The third-order valence-corrected chi connectivity index (χ3v) is 8.83. The minimum Gasteiger partial charge on any atom is -0.508 e. The fourth-order valence-corrected chi connectivity index (χ4v) is 5.93. The Kier molecular flexibility index (Phi) is 15.3. The number of aromatic hydroxyl groups is 1. The summed E-state index contributed by atoms with van der Waals surface area (Å²) in [4.78, 5) is 83.2. The number of nitrogens with two attached hydrogens (primary N) is 3. The van der Waals surface area contributed by atoms with Crippen LogP contribution in [-0.4, -0.2) is 82.4 Å². The summed E-state index contributed by atoms with van der Waals surface area (Å²) in [5.74, 6) is -5.20. The van der Waals surface area contributed by atoms with Crippen molar-refractivity contribution in [2.75, 3.05) is 6.54 Å². The summed E-state index contributed by atoms with van der Waals surface area (Å²) in [6.45, 7) is 0.0910. The van der Waals surface area contributed by atoms with Crippen molar-refractivity contribution in [2.45, 2.75) is 62.7 Å². The number of nitrogens with one attached hydrogen (secondary N) is 4. The number of aliphatic carboxylic acids is 1. The first-order valence-corrected chi connectivity index (χ1v) is 17.9. The van der Waals surface area contributed by atoms with Gasteiger partial charge in [0.1, 0.15) is 29.9 Å². The van der Waals surface area contributed by atoms with E-state index in [0.29, 0.717) is 16.5 Å². The first kappa shape index (κ1) is 41.8. The molecule has 12 N–H and O–H groups in total. The molecule has 0 fully saturated rings. The molecule has 0 bridgehead atoms. The lowest BCUT2D eigenvalue weighted by molar-refractivity contribution is -0.137. The Bertz CT molecular complexity index is 2030. The van der Waals surface area contributed by atoms with Crippen LogP contribution in [0.1, 0.15) is 47.2 Å². The number of amides is 5. The number of primary amides is 1. The van der Waals surface area contributed by atoms with Gasteiger partial charge in [0.25, 0.3) is 5.91 Å². The molecule has 0 aliphatic heterocycles. The molecule has 4 rings (SSSR count). The van der Waals surface area contributed by atoms with E-state index in [0.717, 1.165) is 5.39 Å². The molecule has 5 amide bonds. The zero-order valence-electron chi connectivity index (χ0n) is 30.5. The van der Waals surface area contributed by atoms with Crippen molar-refractivity contribution >= 4 is 52.2 Å². The summed E-state index contributed by atoms with van der Waals surface area (Å²) in [7, 11) is 0. The van der Waals surface area contributed by atoms with Gasteiger partial charge in [-0.1, -0.05) is 78.9 Å². The molecule has 0 saturated carbocycles. The summed E-state index contributed by atoms with van der Waals surface area (Å²) in [6.07, 6.45) is -0.612. The Morgan fingerprint density at radius 2 is 1.16 bits per heavy atom. The molecule has 0 spiro atoms. The zero-order chi connectivity index (χ0) is 40.6. The summed E-state index contributed by atoms with van der Waals surface area (Å²) in [5, 5.41) is 31.1. The van der Waals surface area contributed by atoms with Gasteiger partial charge in [-0.15, -0.1) is 0 Å². The highest BCUT2D eigenvalue weighted by atomic mass is 16.4. The van der Waals surface area contributed by atoms with E-state index in [-0.39, 0.29) is 55.9 Å². The van der Waals surface area contributed by atoms with Gasteiger partial charge in [-0.05, 0) is 59.4 Å². The van der Waals surface area contributed by atoms with Crippen molar-refractivity contribution in [1.82, 2.24) is 21.3 Å². The maximum atomic E-state index is 14.0. The number of carbonyl (C=O) groups is 6. The fraction of sp³-hybridized carbons (Fsp3) is 0.275. The van der Waals surface area contributed by atoms with Gasteiger partial charge in [0.05, 0.1) is 0 Å². The smallest absolute Gasteiger partial charge is 0.303 e. The topological polar surface area (TPSA) is 281 Å². The third kappa shape index (κ3) is 12.9. The van der Waals surface area contributed by atoms with Crippen LogP contribution in [0.5, 0.6) is 5.75 Å². The normalized spacial score (nSPS) is 12.9. The van der Waals surface area contributed by atoms with Crippen LogP contribution >= 0.6 is 0 Å². The van der Waals surface area contributed by atoms with E-state index in [1.54, 1.807) is 66.7 Å². The minimum atomic E-state index is -1.37. The summed E-state index contributed by atoms with van der Waals surface area (Å²) < 4.78 is 0. The fourth-order valence-electron chi connectivity index (χ4n) is 5.93. The lowest BCUT2D eigenvalue weighted by atomic mass is 10.0. The average molecular weight is 767 g/mol. The van der Waals surface area contributed by atoms with E-state index in [1.807, 2.05) is 18.2 Å². The molecule has 0 unspecified atom stereocenters. The molecule has 0 saturated heterocycles. The quantitative estimate of drug-likeness (QED) is 0.0349. The number of carboxylic acids is 1. The second-order valence-corrected chi connectivity index (χ2v) is 13.1. The lowest BCUT2D eigenvalue weighted by Crippen LogP contribution is -2.58.